The Balaban J connectivity index is 2.00. The fourth-order valence-corrected chi connectivity index (χ4v) is 4.36. The molecule has 0 amide bonds. The first-order valence-electron chi connectivity index (χ1n) is 5.51. The number of hydrogen-bond donors (Lipinski definition) is 2. The molecule has 4 rings (SSSR count). The van der Waals surface area contributed by atoms with Crippen molar-refractivity contribution in [3.8, 4) is 0 Å². The van der Waals surface area contributed by atoms with Crippen LogP contribution in [-0.2, 0) is 0 Å². The second-order valence-corrected chi connectivity index (χ2v) is 5.51. The van der Waals surface area contributed by atoms with Crippen LogP contribution in [0, 0.1) is 28.6 Å². The van der Waals surface area contributed by atoms with Gasteiger partial charge in [-0.25, -0.2) is 0 Å². The maximum Gasteiger partial charge on any atom is 0.0209 e. The number of rotatable bonds is 1. The molecule has 2 nitrogen and oxygen atoms in total. The molecular weight excluding hydrogens is 160 g/mol. The van der Waals surface area contributed by atoms with Crippen molar-refractivity contribution in [2.45, 2.75) is 38.1 Å². The zero-order valence-corrected chi connectivity index (χ0v) is 8.00. The van der Waals surface area contributed by atoms with Crippen LogP contribution < -0.4 is 5.73 Å². The second-order valence-electron chi connectivity index (χ2n) is 5.51. The van der Waals surface area contributed by atoms with Crippen LogP contribution in [0.2, 0.25) is 0 Å². The number of nitrogens with one attached hydrogen (secondary N) is 1. The Labute approximate surface area is 79.4 Å². The molecule has 0 aromatic rings. The molecule has 4 aliphatic rings. The minimum Gasteiger partial charge on any atom is -0.327 e. The molecule has 3 atom stereocenters. The van der Waals surface area contributed by atoms with E-state index in [0.717, 1.165) is 17.8 Å². The molecule has 0 heterocycles. The highest BCUT2D eigenvalue weighted by Gasteiger charge is 2.54. The zero-order valence-electron chi connectivity index (χ0n) is 8.00. The lowest BCUT2D eigenvalue weighted by Crippen LogP contribution is -2.60. The van der Waals surface area contributed by atoms with Crippen LogP contribution in [0.15, 0.2) is 0 Å². The van der Waals surface area contributed by atoms with Crippen LogP contribution >= 0.6 is 0 Å². The van der Waals surface area contributed by atoms with Crippen LogP contribution in [0.3, 0.4) is 0 Å². The van der Waals surface area contributed by atoms with E-state index in [4.69, 9.17) is 11.1 Å². The highest BCUT2D eigenvalue weighted by atomic mass is 14.8. The molecule has 0 radical (unpaired) electrons. The standard InChI is InChI=1S/C11H18N2/c12-6-11-4-7-1-8(5-11)3-9(2-7)10(11)13/h6-10,12H,1-5,13H2. The molecular formula is C11H18N2. The molecule has 4 saturated carbocycles. The van der Waals surface area contributed by atoms with Gasteiger partial charge in [0.15, 0.2) is 0 Å². The van der Waals surface area contributed by atoms with Gasteiger partial charge in [-0.05, 0) is 49.9 Å². The van der Waals surface area contributed by atoms with Crippen molar-refractivity contribution in [3.05, 3.63) is 0 Å². The summed E-state index contributed by atoms with van der Waals surface area (Å²) < 4.78 is 0. The first-order valence-corrected chi connectivity index (χ1v) is 5.51. The van der Waals surface area contributed by atoms with Gasteiger partial charge in [-0.2, -0.15) is 0 Å². The average molecular weight is 178 g/mol. The Morgan fingerprint density at radius 3 is 2.31 bits per heavy atom. The normalized spacial score (nSPS) is 58.2. The second kappa shape index (κ2) is 2.35. The molecule has 0 saturated heterocycles. The minimum absolute atomic E-state index is 0.120. The van der Waals surface area contributed by atoms with Gasteiger partial charge in [-0.3, -0.25) is 0 Å². The van der Waals surface area contributed by atoms with Crippen LogP contribution in [0.25, 0.3) is 0 Å². The summed E-state index contributed by atoms with van der Waals surface area (Å²) in [6, 6.07) is 0.304. The molecule has 3 unspecified atom stereocenters. The molecule has 4 bridgehead atoms. The van der Waals surface area contributed by atoms with E-state index in [2.05, 4.69) is 0 Å². The van der Waals surface area contributed by atoms with Gasteiger partial charge in [0.05, 0.1) is 0 Å². The largest absolute Gasteiger partial charge is 0.327 e. The van der Waals surface area contributed by atoms with Crippen molar-refractivity contribution in [2.24, 2.45) is 28.9 Å². The molecule has 0 spiro atoms. The molecule has 4 aliphatic carbocycles. The van der Waals surface area contributed by atoms with Gasteiger partial charge in [-0.1, -0.05) is 0 Å². The third kappa shape index (κ3) is 0.899. The van der Waals surface area contributed by atoms with Crippen LogP contribution in [-0.4, -0.2) is 12.3 Å². The first-order chi connectivity index (χ1) is 6.23. The minimum atomic E-state index is 0.120. The predicted octanol–water partition coefficient (Wildman–Crippen LogP) is 1.79. The monoisotopic (exact) mass is 178 g/mol. The maximum atomic E-state index is 7.60. The summed E-state index contributed by atoms with van der Waals surface area (Å²) in [6.07, 6.45) is 8.25. The van der Waals surface area contributed by atoms with Gasteiger partial charge in [0.1, 0.15) is 0 Å². The van der Waals surface area contributed by atoms with Gasteiger partial charge in [0.2, 0.25) is 0 Å². The summed E-state index contributed by atoms with van der Waals surface area (Å²) in [7, 11) is 0. The van der Waals surface area contributed by atoms with Crippen LogP contribution in [0.5, 0.6) is 0 Å². The van der Waals surface area contributed by atoms with E-state index < -0.39 is 0 Å². The lowest BCUT2D eigenvalue weighted by atomic mass is 9.48. The van der Waals surface area contributed by atoms with E-state index in [-0.39, 0.29) is 5.41 Å². The summed E-state index contributed by atoms with van der Waals surface area (Å²) in [5.41, 5.74) is 6.38. The highest BCUT2D eigenvalue weighted by molar-refractivity contribution is 5.65. The molecule has 72 valence electrons. The van der Waals surface area contributed by atoms with Crippen LogP contribution in [0.1, 0.15) is 32.1 Å². The van der Waals surface area contributed by atoms with Crippen molar-refractivity contribution in [3.63, 3.8) is 0 Å². The Kier molecular flexibility index (Phi) is 1.44. The third-order valence-corrected chi connectivity index (χ3v) is 4.74. The van der Waals surface area contributed by atoms with E-state index in [0.29, 0.717) is 6.04 Å². The fraction of sp³-hybridized carbons (Fsp3) is 0.909. The average Bonchev–Trinajstić information content (AvgIpc) is 2.12. The van der Waals surface area contributed by atoms with E-state index in [1.807, 2.05) is 0 Å². The maximum absolute atomic E-state index is 7.60. The van der Waals surface area contributed by atoms with Gasteiger partial charge in [0, 0.05) is 17.7 Å². The zero-order chi connectivity index (χ0) is 9.05. The number of hydrogen-bond acceptors (Lipinski definition) is 2. The smallest absolute Gasteiger partial charge is 0.0209 e. The fourth-order valence-electron chi connectivity index (χ4n) is 4.36. The predicted molar refractivity (Wildman–Crippen MR) is 52.7 cm³/mol. The van der Waals surface area contributed by atoms with Crippen molar-refractivity contribution < 1.29 is 0 Å². The first kappa shape index (κ1) is 7.98. The third-order valence-electron chi connectivity index (χ3n) is 4.74. The Hall–Kier alpha value is -0.370. The van der Waals surface area contributed by atoms with Crippen molar-refractivity contribution in [1.82, 2.24) is 0 Å². The van der Waals surface area contributed by atoms with E-state index >= 15 is 0 Å². The van der Waals surface area contributed by atoms with Crippen molar-refractivity contribution in [1.29, 1.82) is 5.41 Å². The molecule has 0 aromatic heterocycles. The number of nitrogens with two attached hydrogens (primary N) is 1. The Bertz CT molecular complexity index is 234. The summed E-state index contributed by atoms with van der Waals surface area (Å²) in [5, 5.41) is 7.60. The lowest BCUT2D eigenvalue weighted by molar-refractivity contribution is -0.0296. The van der Waals surface area contributed by atoms with Crippen LogP contribution in [0.4, 0.5) is 0 Å². The topological polar surface area (TPSA) is 49.9 Å². The van der Waals surface area contributed by atoms with E-state index in [1.165, 1.54) is 32.1 Å². The highest BCUT2D eigenvalue weighted by Crippen LogP contribution is 2.58. The summed E-state index contributed by atoms with van der Waals surface area (Å²) in [4.78, 5) is 0. The SMILES string of the molecule is N=CC12CC3CC(CC(C3)C1N)C2. The summed E-state index contributed by atoms with van der Waals surface area (Å²) >= 11 is 0. The molecule has 4 fully saturated rings. The summed E-state index contributed by atoms with van der Waals surface area (Å²) in [6.45, 7) is 0. The van der Waals surface area contributed by atoms with E-state index in [1.54, 1.807) is 6.21 Å². The van der Waals surface area contributed by atoms with E-state index in [9.17, 15) is 0 Å². The lowest BCUT2D eigenvalue weighted by Gasteiger charge is -2.58. The van der Waals surface area contributed by atoms with Gasteiger partial charge in [-0.15, -0.1) is 0 Å². The van der Waals surface area contributed by atoms with Gasteiger partial charge in [0.25, 0.3) is 0 Å². The van der Waals surface area contributed by atoms with Crippen molar-refractivity contribution in [2.75, 3.05) is 0 Å². The Morgan fingerprint density at radius 2 is 1.77 bits per heavy atom. The van der Waals surface area contributed by atoms with Gasteiger partial charge < -0.3 is 11.1 Å². The molecule has 0 aromatic carbocycles. The van der Waals surface area contributed by atoms with Gasteiger partial charge >= 0.3 is 0 Å². The van der Waals surface area contributed by atoms with Crippen molar-refractivity contribution >= 4 is 6.21 Å². The molecule has 0 aliphatic heterocycles. The Morgan fingerprint density at radius 1 is 1.15 bits per heavy atom. The quantitative estimate of drug-likeness (QED) is 0.591. The molecule has 2 heteroatoms. The molecule has 3 N–H and O–H groups in total. The summed E-state index contributed by atoms with van der Waals surface area (Å²) in [5.74, 6) is 2.55. The molecule has 13 heavy (non-hydrogen) atoms.